The predicted octanol–water partition coefficient (Wildman–Crippen LogP) is 3.01. The van der Waals surface area contributed by atoms with E-state index >= 15 is 0 Å². The largest absolute Gasteiger partial charge is 0.383 e. The number of benzene rings is 1. The summed E-state index contributed by atoms with van der Waals surface area (Å²) in [5, 5.41) is 6.09. The molecule has 0 atom stereocenters. The van der Waals surface area contributed by atoms with Gasteiger partial charge in [0.05, 0.1) is 17.4 Å². The molecular weight excluding hydrogens is 262 g/mol. The number of carbonyl (C=O) groups excluding carboxylic acids is 1. The first-order valence-electron chi connectivity index (χ1n) is 7.28. The van der Waals surface area contributed by atoms with Crippen molar-refractivity contribution in [2.75, 3.05) is 11.9 Å². The molecule has 1 heterocycles. The van der Waals surface area contributed by atoms with Crippen LogP contribution in [-0.4, -0.2) is 17.4 Å². The lowest BCUT2D eigenvalue weighted by molar-refractivity contribution is 0.0951. The molecule has 0 aliphatic heterocycles. The van der Waals surface area contributed by atoms with E-state index in [0.717, 1.165) is 24.2 Å². The van der Waals surface area contributed by atoms with Crippen LogP contribution in [0.25, 0.3) is 0 Å². The summed E-state index contributed by atoms with van der Waals surface area (Å²) in [5.41, 5.74) is 3.78. The molecule has 0 saturated heterocycles. The van der Waals surface area contributed by atoms with E-state index in [1.54, 1.807) is 18.5 Å². The van der Waals surface area contributed by atoms with E-state index in [4.69, 9.17) is 0 Å². The first-order chi connectivity index (χ1) is 10.2. The van der Waals surface area contributed by atoms with Crippen molar-refractivity contribution in [1.29, 1.82) is 0 Å². The standard InChI is InChI=1S/C17H21N3O/c1-3-13-5-7-14(8-6-13)11-20-17(21)15-9-10-18-12-16(15)19-4-2/h5-10,12,19H,3-4,11H2,1-2H3,(H,20,21). The molecule has 1 amide bonds. The molecule has 0 aliphatic rings. The van der Waals surface area contributed by atoms with Crippen molar-refractivity contribution in [2.45, 2.75) is 26.8 Å². The summed E-state index contributed by atoms with van der Waals surface area (Å²) in [6.45, 7) is 5.40. The van der Waals surface area contributed by atoms with E-state index in [1.165, 1.54) is 5.56 Å². The van der Waals surface area contributed by atoms with Crippen LogP contribution in [0.4, 0.5) is 5.69 Å². The van der Waals surface area contributed by atoms with E-state index in [9.17, 15) is 4.79 Å². The van der Waals surface area contributed by atoms with Crippen LogP contribution in [0.15, 0.2) is 42.7 Å². The molecule has 2 aromatic rings. The molecule has 0 fully saturated rings. The van der Waals surface area contributed by atoms with Gasteiger partial charge >= 0.3 is 0 Å². The molecule has 0 spiro atoms. The van der Waals surface area contributed by atoms with Gasteiger partial charge < -0.3 is 10.6 Å². The zero-order valence-corrected chi connectivity index (χ0v) is 12.5. The zero-order valence-electron chi connectivity index (χ0n) is 12.5. The summed E-state index contributed by atoms with van der Waals surface area (Å²) in [4.78, 5) is 16.3. The average Bonchev–Trinajstić information content (AvgIpc) is 2.54. The third kappa shape index (κ3) is 4.05. The van der Waals surface area contributed by atoms with Gasteiger partial charge in [0, 0.05) is 19.3 Å². The summed E-state index contributed by atoms with van der Waals surface area (Å²) in [7, 11) is 0. The molecule has 1 aromatic carbocycles. The van der Waals surface area contributed by atoms with Crippen LogP contribution in [0.5, 0.6) is 0 Å². The van der Waals surface area contributed by atoms with Gasteiger partial charge in [-0.15, -0.1) is 0 Å². The molecule has 110 valence electrons. The van der Waals surface area contributed by atoms with Gasteiger partial charge in [0.1, 0.15) is 0 Å². The number of rotatable bonds is 6. The molecule has 1 aromatic heterocycles. The summed E-state index contributed by atoms with van der Waals surface area (Å²) in [6.07, 6.45) is 4.33. The van der Waals surface area contributed by atoms with Crippen molar-refractivity contribution in [1.82, 2.24) is 10.3 Å². The lowest BCUT2D eigenvalue weighted by Crippen LogP contribution is -2.24. The number of nitrogens with zero attached hydrogens (tertiary/aromatic N) is 1. The average molecular weight is 283 g/mol. The fraction of sp³-hybridized carbons (Fsp3) is 0.294. The highest BCUT2D eigenvalue weighted by molar-refractivity contribution is 5.99. The molecule has 0 radical (unpaired) electrons. The second kappa shape index (κ2) is 7.43. The number of aryl methyl sites for hydroxylation is 1. The predicted molar refractivity (Wildman–Crippen MR) is 85.4 cm³/mol. The van der Waals surface area contributed by atoms with Gasteiger partial charge in [-0.05, 0) is 30.5 Å². The maximum atomic E-state index is 12.3. The zero-order chi connectivity index (χ0) is 15.1. The van der Waals surface area contributed by atoms with E-state index < -0.39 is 0 Å². The van der Waals surface area contributed by atoms with Crippen LogP contribution >= 0.6 is 0 Å². The lowest BCUT2D eigenvalue weighted by Gasteiger charge is -2.10. The van der Waals surface area contributed by atoms with Crippen molar-refractivity contribution in [3.63, 3.8) is 0 Å². The monoisotopic (exact) mass is 283 g/mol. The smallest absolute Gasteiger partial charge is 0.253 e. The van der Waals surface area contributed by atoms with Crippen molar-refractivity contribution in [3.05, 3.63) is 59.4 Å². The molecule has 4 nitrogen and oxygen atoms in total. The maximum Gasteiger partial charge on any atom is 0.253 e. The summed E-state index contributed by atoms with van der Waals surface area (Å²) in [6, 6.07) is 10.0. The summed E-state index contributed by atoms with van der Waals surface area (Å²) < 4.78 is 0. The quantitative estimate of drug-likeness (QED) is 0.857. The Bertz CT molecular complexity index is 593. The minimum atomic E-state index is -0.0899. The van der Waals surface area contributed by atoms with Crippen molar-refractivity contribution < 1.29 is 4.79 Å². The van der Waals surface area contributed by atoms with Gasteiger partial charge in [0.15, 0.2) is 0 Å². The number of nitrogens with one attached hydrogen (secondary N) is 2. The number of pyridine rings is 1. The van der Waals surface area contributed by atoms with Crippen molar-refractivity contribution >= 4 is 11.6 Å². The Balaban J connectivity index is 2.01. The maximum absolute atomic E-state index is 12.3. The molecule has 0 bridgehead atoms. The molecular formula is C17H21N3O. The number of hydrogen-bond donors (Lipinski definition) is 2. The summed E-state index contributed by atoms with van der Waals surface area (Å²) in [5.74, 6) is -0.0899. The Morgan fingerprint density at radius 3 is 2.48 bits per heavy atom. The number of anilines is 1. The van der Waals surface area contributed by atoms with Gasteiger partial charge in [0.25, 0.3) is 5.91 Å². The molecule has 0 unspecified atom stereocenters. The van der Waals surface area contributed by atoms with Crippen LogP contribution < -0.4 is 10.6 Å². The van der Waals surface area contributed by atoms with Crippen LogP contribution in [0.1, 0.15) is 35.3 Å². The fourth-order valence-electron chi connectivity index (χ4n) is 2.09. The fourth-order valence-corrected chi connectivity index (χ4v) is 2.09. The number of carbonyl (C=O) groups is 1. The van der Waals surface area contributed by atoms with Gasteiger partial charge in [-0.3, -0.25) is 9.78 Å². The lowest BCUT2D eigenvalue weighted by atomic mass is 10.1. The Kier molecular flexibility index (Phi) is 5.32. The van der Waals surface area contributed by atoms with Gasteiger partial charge in [0.2, 0.25) is 0 Å². The van der Waals surface area contributed by atoms with Gasteiger partial charge in [-0.1, -0.05) is 31.2 Å². The second-order valence-electron chi connectivity index (χ2n) is 4.80. The van der Waals surface area contributed by atoms with Crippen molar-refractivity contribution in [3.8, 4) is 0 Å². The molecule has 4 heteroatoms. The number of amides is 1. The van der Waals surface area contributed by atoms with Gasteiger partial charge in [-0.2, -0.15) is 0 Å². The van der Waals surface area contributed by atoms with Gasteiger partial charge in [-0.25, -0.2) is 0 Å². The number of hydrogen-bond acceptors (Lipinski definition) is 3. The molecule has 0 aliphatic carbocycles. The molecule has 2 rings (SSSR count). The minimum absolute atomic E-state index is 0.0899. The Labute approximate surface area is 125 Å². The number of aromatic nitrogens is 1. The Morgan fingerprint density at radius 2 is 1.81 bits per heavy atom. The third-order valence-electron chi connectivity index (χ3n) is 3.32. The SMILES string of the molecule is CCNc1cnccc1C(=O)NCc1ccc(CC)cc1. The van der Waals surface area contributed by atoms with E-state index in [2.05, 4.69) is 46.8 Å². The van der Waals surface area contributed by atoms with Crippen LogP contribution in [0.3, 0.4) is 0 Å². The Morgan fingerprint density at radius 1 is 1.10 bits per heavy atom. The molecule has 0 saturated carbocycles. The van der Waals surface area contributed by atoms with Crippen LogP contribution in [0, 0.1) is 0 Å². The first kappa shape index (κ1) is 15.0. The highest BCUT2D eigenvalue weighted by Crippen LogP contribution is 2.13. The molecule has 2 N–H and O–H groups in total. The first-order valence-corrected chi connectivity index (χ1v) is 7.28. The molecule has 21 heavy (non-hydrogen) atoms. The van der Waals surface area contributed by atoms with E-state index in [1.807, 2.05) is 6.92 Å². The van der Waals surface area contributed by atoms with Crippen molar-refractivity contribution in [2.24, 2.45) is 0 Å². The third-order valence-corrected chi connectivity index (χ3v) is 3.32. The van der Waals surface area contributed by atoms with E-state index in [0.29, 0.717) is 12.1 Å². The van der Waals surface area contributed by atoms with E-state index in [-0.39, 0.29) is 5.91 Å². The Hall–Kier alpha value is -2.36. The van der Waals surface area contributed by atoms with Crippen LogP contribution in [0.2, 0.25) is 0 Å². The highest BCUT2D eigenvalue weighted by Gasteiger charge is 2.10. The summed E-state index contributed by atoms with van der Waals surface area (Å²) >= 11 is 0. The highest BCUT2D eigenvalue weighted by atomic mass is 16.1. The normalized spacial score (nSPS) is 10.2. The minimum Gasteiger partial charge on any atom is -0.383 e. The topological polar surface area (TPSA) is 54.0 Å². The second-order valence-corrected chi connectivity index (χ2v) is 4.80. The van der Waals surface area contributed by atoms with Crippen LogP contribution in [-0.2, 0) is 13.0 Å².